The Morgan fingerprint density at radius 3 is 2.29 bits per heavy atom. The van der Waals surface area contributed by atoms with Crippen molar-refractivity contribution in [2.24, 2.45) is 0 Å². The topological polar surface area (TPSA) is 46.5 Å². The van der Waals surface area contributed by atoms with E-state index in [1.165, 1.54) is 6.07 Å². The van der Waals surface area contributed by atoms with Crippen molar-refractivity contribution >= 4 is 14.6 Å². The van der Waals surface area contributed by atoms with E-state index in [0.29, 0.717) is 12.0 Å². The highest BCUT2D eigenvalue weighted by atomic mass is 28.4. The minimum Gasteiger partial charge on any atom is -0.543 e. The third kappa shape index (κ3) is 3.09. The van der Waals surface area contributed by atoms with Crippen LogP contribution < -0.4 is 4.43 Å². The predicted molar refractivity (Wildman–Crippen MR) is 71.3 cm³/mol. The second-order valence-corrected chi connectivity index (χ2v) is 10.4. The number of carbonyl (C=O) groups is 1. The van der Waals surface area contributed by atoms with Crippen LogP contribution in [-0.2, 0) is 0 Å². The van der Waals surface area contributed by atoms with Gasteiger partial charge in [0.1, 0.15) is 11.5 Å². The quantitative estimate of drug-likeness (QED) is 0.660. The lowest BCUT2D eigenvalue weighted by Gasteiger charge is -2.36. The van der Waals surface area contributed by atoms with Crippen LogP contribution in [0.5, 0.6) is 11.5 Å². The van der Waals surface area contributed by atoms with E-state index in [9.17, 15) is 9.90 Å². The molecule has 0 aliphatic heterocycles. The Hall–Kier alpha value is -1.29. The molecule has 4 heteroatoms. The number of phenolic OH excluding ortho intramolecular Hbond substituents is 1. The van der Waals surface area contributed by atoms with Crippen molar-refractivity contribution < 1.29 is 14.3 Å². The van der Waals surface area contributed by atoms with Crippen LogP contribution in [0.1, 0.15) is 31.1 Å². The number of phenols is 1. The molecule has 1 N–H and O–H groups in total. The van der Waals surface area contributed by atoms with Crippen LogP contribution in [0.2, 0.25) is 18.1 Å². The average Bonchev–Trinajstić information content (AvgIpc) is 2.15. The molecule has 0 saturated carbocycles. The summed E-state index contributed by atoms with van der Waals surface area (Å²) in [6.07, 6.45) is 0.630. The molecule has 17 heavy (non-hydrogen) atoms. The molecule has 0 bridgehead atoms. The van der Waals surface area contributed by atoms with Gasteiger partial charge in [-0.05, 0) is 30.3 Å². The second kappa shape index (κ2) is 4.53. The largest absolute Gasteiger partial charge is 0.543 e. The van der Waals surface area contributed by atoms with Gasteiger partial charge in [-0.3, -0.25) is 4.79 Å². The zero-order chi connectivity index (χ0) is 13.3. The first-order valence-electron chi connectivity index (χ1n) is 5.64. The zero-order valence-electron chi connectivity index (χ0n) is 11.1. The fourth-order valence-electron chi connectivity index (χ4n) is 1.13. The Labute approximate surface area is 104 Å². The monoisotopic (exact) mass is 252 g/mol. The van der Waals surface area contributed by atoms with Crippen molar-refractivity contribution in [1.29, 1.82) is 0 Å². The Morgan fingerprint density at radius 2 is 1.88 bits per heavy atom. The van der Waals surface area contributed by atoms with E-state index in [0.717, 1.165) is 0 Å². The van der Waals surface area contributed by atoms with Crippen molar-refractivity contribution in [2.45, 2.75) is 38.9 Å². The molecule has 0 unspecified atom stereocenters. The van der Waals surface area contributed by atoms with Crippen LogP contribution in [0.3, 0.4) is 0 Å². The molecule has 0 aliphatic rings. The zero-order valence-corrected chi connectivity index (χ0v) is 12.1. The summed E-state index contributed by atoms with van der Waals surface area (Å²) in [5.41, 5.74) is 0.285. The van der Waals surface area contributed by atoms with Crippen LogP contribution in [0, 0.1) is 0 Å². The van der Waals surface area contributed by atoms with Gasteiger partial charge in [0, 0.05) is 6.07 Å². The third-order valence-corrected chi connectivity index (χ3v) is 7.67. The molecular weight excluding hydrogens is 232 g/mol. The summed E-state index contributed by atoms with van der Waals surface area (Å²) in [6.45, 7) is 10.7. The SMILES string of the molecule is CC(C)(C)[Si](C)(C)Oc1ccc(C=O)c(O)c1. The number of benzene rings is 1. The number of aldehydes is 1. The molecule has 1 aromatic rings. The van der Waals surface area contributed by atoms with Crippen molar-refractivity contribution in [3.63, 3.8) is 0 Å². The third-order valence-electron chi connectivity index (χ3n) is 3.31. The molecule has 0 heterocycles. The summed E-state index contributed by atoms with van der Waals surface area (Å²) in [5, 5.41) is 9.70. The normalized spacial score (nSPS) is 12.3. The number of rotatable bonds is 3. The van der Waals surface area contributed by atoms with E-state index in [1.54, 1.807) is 12.1 Å². The van der Waals surface area contributed by atoms with Gasteiger partial charge in [0.15, 0.2) is 6.29 Å². The van der Waals surface area contributed by atoms with Crippen LogP contribution in [0.25, 0.3) is 0 Å². The van der Waals surface area contributed by atoms with Crippen LogP contribution >= 0.6 is 0 Å². The fourth-order valence-corrected chi connectivity index (χ4v) is 2.16. The Balaban J connectivity index is 2.97. The van der Waals surface area contributed by atoms with Crippen molar-refractivity contribution in [1.82, 2.24) is 0 Å². The summed E-state index contributed by atoms with van der Waals surface area (Å²) in [6, 6.07) is 4.80. The number of aromatic hydroxyl groups is 1. The highest BCUT2D eigenvalue weighted by Gasteiger charge is 2.39. The van der Waals surface area contributed by atoms with Gasteiger partial charge in [0.05, 0.1) is 5.56 Å². The van der Waals surface area contributed by atoms with Gasteiger partial charge in [-0.15, -0.1) is 0 Å². The fraction of sp³-hybridized carbons (Fsp3) is 0.462. The van der Waals surface area contributed by atoms with Crippen molar-refractivity contribution in [3.05, 3.63) is 23.8 Å². The predicted octanol–water partition coefficient (Wildman–Crippen LogP) is 3.59. The van der Waals surface area contributed by atoms with Gasteiger partial charge < -0.3 is 9.53 Å². The lowest BCUT2D eigenvalue weighted by atomic mass is 10.2. The maximum absolute atomic E-state index is 10.6. The van der Waals surface area contributed by atoms with Crippen molar-refractivity contribution in [2.75, 3.05) is 0 Å². The first kappa shape index (κ1) is 13.8. The summed E-state index contributed by atoms with van der Waals surface area (Å²) in [5.74, 6) is 0.593. The highest BCUT2D eigenvalue weighted by molar-refractivity contribution is 6.74. The summed E-state index contributed by atoms with van der Waals surface area (Å²) < 4.78 is 6.01. The molecule has 0 amide bonds. The minimum absolute atomic E-state index is 0.0313. The minimum atomic E-state index is -1.90. The lowest BCUT2D eigenvalue weighted by molar-refractivity contribution is 0.112. The molecule has 0 aromatic heterocycles. The summed E-state index contributed by atoms with van der Waals surface area (Å²) in [7, 11) is -1.90. The average molecular weight is 252 g/mol. The highest BCUT2D eigenvalue weighted by Crippen LogP contribution is 2.38. The van der Waals surface area contributed by atoms with E-state index in [4.69, 9.17) is 4.43 Å². The summed E-state index contributed by atoms with van der Waals surface area (Å²) >= 11 is 0. The molecule has 0 saturated heterocycles. The lowest BCUT2D eigenvalue weighted by Crippen LogP contribution is -2.43. The Morgan fingerprint density at radius 1 is 1.29 bits per heavy atom. The number of carbonyl (C=O) groups excluding carboxylic acids is 1. The second-order valence-electron chi connectivity index (χ2n) is 5.70. The molecule has 0 aliphatic carbocycles. The van der Waals surface area contributed by atoms with E-state index in [1.807, 2.05) is 0 Å². The van der Waals surface area contributed by atoms with Crippen LogP contribution in [0.4, 0.5) is 0 Å². The molecule has 0 spiro atoms. The molecule has 1 aromatic carbocycles. The number of hydrogen-bond acceptors (Lipinski definition) is 3. The molecule has 3 nitrogen and oxygen atoms in total. The summed E-state index contributed by atoms with van der Waals surface area (Å²) in [4.78, 5) is 10.6. The molecule has 0 atom stereocenters. The first-order chi connectivity index (χ1) is 7.67. The number of hydrogen-bond donors (Lipinski definition) is 1. The molecule has 94 valence electrons. The smallest absolute Gasteiger partial charge is 0.250 e. The molecular formula is C13H20O3Si. The maximum atomic E-state index is 10.6. The first-order valence-corrected chi connectivity index (χ1v) is 8.55. The van der Waals surface area contributed by atoms with E-state index in [2.05, 4.69) is 33.9 Å². The Bertz CT molecular complexity index is 419. The standard InChI is InChI=1S/C13H20O3Si/c1-13(2,3)17(4,5)16-11-7-6-10(9-14)12(15)8-11/h6-9,15H,1-5H3. The van der Waals surface area contributed by atoms with Gasteiger partial charge >= 0.3 is 0 Å². The van der Waals surface area contributed by atoms with E-state index < -0.39 is 8.32 Å². The van der Waals surface area contributed by atoms with Crippen molar-refractivity contribution in [3.8, 4) is 11.5 Å². The van der Waals surface area contributed by atoms with E-state index >= 15 is 0 Å². The van der Waals surface area contributed by atoms with Gasteiger partial charge in [0.25, 0.3) is 0 Å². The van der Waals surface area contributed by atoms with Gasteiger partial charge in [0.2, 0.25) is 8.32 Å². The van der Waals surface area contributed by atoms with Crippen LogP contribution in [0.15, 0.2) is 18.2 Å². The molecule has 1 rings (SSSR count). The maximum Gasteiger partial charge on any atom is 0.250 e. The van der Waals surface area contributed by atoms with E-state index in [-0.39, 0.29) is 16.4 Å². The molecule has 0 fully saturated rings. The van der Waals surface area contributed by atoms with Gasteiger partial charge in [-0.2, -0.15) is 0 Å². The van der Waals surface area contributed by atoms with Gasteiger partial charge in [-0.25, -0.2) is 0 Å². The van der Waals surface area contributed by atoms with Gasteiger partial charge in [-0.1, -0.05) is 20.8 Å². The molecule has 0 radical (unpaired) electrons. The van der Waals surface area contributed by atoms with Crippen LogP contribution in [-0.4, -0.2) is 19.7 Å². The Kier molecular flexibility index (Phi) is 3.67.